The summed E-state index contributed by atoms with van der Waals surface area (Å²) < 4.78 is 34.6. The van der Waals surface area contributed by atoms with Crippen LogP contribution < -0.4 is 4.89 Å². The van der Waals surface area contributed by atoms with E-state index in [1.807, 2.05) is 21.1 Å². The number of allylic oxidation sites excluding steroid dienone is 2. The summed E-state index contributed by atoms with van der Waals surface area (Å²) in [6.07, 6.45) is 43.9. The second-order valence-electron chi connectivity index (χ2n) is 17.1. The van der Waals surface area contributed by atoms with Crippen LogP contribution in [0.15, 0.2) is 12.2 Å². The maximum atomic E-state index is 12.6. The molecule has 0 aliphatic rings. The van der Waals surface area contributed by atoms with Gasteiger partial charge in [0.15, 0.2) is 0 Å². The van der Waals surface area contributed by atoms with E-state index in [-0.39, 0.29) is 25.8 Å². The van der Waals surface area contributed by atoms with E-state index in [1.165, 1.54) is 148 Å². The molecular weight excluding hydrogens is 709 g/mol. The highest BCUT2D eigenvalue weighted by Crippen LogP contribution is 2.38. The van der Waals surface area contributed by atoms with Crippen LogP contribution in [0, 0.1) is 0 Å². The minimum Gasteiger partial charge on any atom is -0.756 e. The Balaban J connectivity index is 4.01. The molecule has 0 bridgehead atoms. The molecule has 9 heteroatoms. The Morgan fingerprint density at radius 1 is 0.545 bits per heavy atom. The van der Waals surface area contributed by atoms with Gasteiger partial charge in [0, 0.05) is 13.0 Å². The molecule has 2 atom stereocenters. The molecule has 0 radical (unpaired) electrons. The van der Waals surface area contributed by atoms with E-state index in [0.29, 0.717) is 24.1 Å². The fourth-order valence-corrected chi connectivity index (χ4v) is 7.40. The average molecular weight is 802 g/mol. The lowest BCUT2D eigenvalue weighted by Gasteiger charge is -2.28. The Hall–Kier alpha value is -0.760. The number of unbranched alkanes of at least 4 members (excludes halogenated alkanes) is 28. The lowest BCUT2D eigenvalue weighted by atomic mass is 10.0. The fourth-order valence-electron chi connectivity index (χ4n) is 6.67. The van der Waals surface area contributed by atoms with Crippen LogP contribution in [0.2, 0.25) is 0 Å². The van der Waals surface area contributed by atoms with Crippen LogP contribution in [0.1, 0.15) is 219 Å². The summed E-state index contributed by atoms with van der Waals surface area (Å²) in [6, 6.07) is 0. The Morgan fingerprint density at radius 2 is 0.982 bits per heavy atom. The number of hydrogen-bond acceptors (Lipinski definition) is 7. The predicted octanol–water partition coefficient (Wildman–Crippen LogP) is 13.2. The second-order valence-corrected chi connectivity index (χ2v) is 18.5. The van der Waals surface area contributed by atoms with E-state index >= 15 is 0 Å². The van der Waals surface area contributed by atoms with Gasteiger partial charge in [0.1, 0.15) is 19.3 Å². The first-order valence-corrected chi connectivity index (χ1v) is 24.9. The van der Waals surface area contributed by atoms with Crippen LogP contribution in [-0.2, 0) is 27.9 Å². The minimum absolute atomic E-state index is 0.0276. The van der Waals surface area contributed by atoms with Gasteiger partial charge < -0.3 is 27.9 Å². The number of nitrogens with zero attached hydrogens (tertiary/aromatic N) is 1. The first-order chi connectivity index (χ1) is 26.6. The number of carbonyl (C=O) groups is 1. The minimum atomic E-state index is -4.52. The molecule has 0 spiro atoms. The van der Waals surface area contributed by atoms with Crippen LogP contribution in [-0.4, -0.2) is 70.7 Å². The summed E-state index contributed by atoms with van der Waals surface area (Å²) >= 11 is 0. The van der Waals surface area contributed by atoms with Gasteiger partial charge in [0.05, 0.1) is 34.4 Å². The Kier molecular flexibility index (Phi) is 39.5. The van der Waals surface area contributed by atoms with Crippen LogP contribution in [0.3, 0.4) is 0 Å². The number of hydrogen-bond donors (Lipinski definition) is 0. The number of phosphoric acid groups is 1. The van der Waals surface area contributed by atoms with Gasteiger partial charge >= 0.3 is 5.97 Å². The summed E-state index contributed by atoms with van der Waals surface area (Å²) in [5.74, 6) is -0.342. The largest absolute Gasteiger partial charge is 0.756 e. The van der Waals surface area contributed by atoms with Crippen molar-refractivity contribution in [3.63, 3.8) is 0 Å². The molecule has 0 N–H and O–H groups in total. The molecule has 328 valence electrons. The third kappa shape index (κ3) is 44.2. The molecule has 8 nitrogen and oxygen atoms in total. The van der Waals surface area contributed by atoms with Crippen molar-refractivity contribution in [1.29, 1.82) is 0 Å². The van der Waals surface area contributed by atoms with Gasteiger partial charge in [-0.3, -0.25) is 9.36 Å². The van der Waals surface area contributed by atoms with Gasteiger partial charge in [-0.1, -0.05) is 193 Å². The zero-order chi connectivity index (χ0) is 40.6. The average Bonchev–Trinajstić information content (AvgIpc) is 3.13. The van der Waals surface area contributed by atoms with Gasteiger partial charge in [0.2, 0.25) is 0 Å². The van der Waals surface area contributed by atoms with Gasteiger partial charge in [0.25, 0.3) is 7.82 Å². The van der Waals surface area contributed by atoms with Gasteiger partial charge in [-0.25, -0.2) is 0 Å². The second kappa shape index (κ2) is 40.0. The summed E-state index contributed by atoms with van der Waals surface area (Å²) in [5, 5.41) is 0. The van der Waals surface area contributed by atoms with E-state index in [9.17, 15) is 14.3 Å². The van der Waals surface area contributed by atoms with Crippen molar-refractivity contribution in [1.82, 2.24) is 0 Å². The van der Waals surface area contributed by atoms with Crippen molar-refractivity contribution < 1.29 is 37.3 Å². The van der Waals surface area contributed by atoms with Gasteiger partial charge in [-0.05, 0) is 32.1 Å². The zero-order valence-corrected chi connectivity index (χ0v) is 38.0. The summed E-state index contributed by atoms with van der Waals surface area (Å²) in [4.78, 5) is 25.0. The summed E-state index contributed by atoms with van der Waals surface area (Å²) in [5.41, 5.74) is 0. The lowest BCUT2D eigenvalue weighted by molar-refractivity contribution is -0.870. The van der Waals surface area contributed by atoms with Gasteiger partial charge in [-0.2, -0.15) is 0 Å². The lowest BCUT2D eigenvalue weighted by Crippen LogP contribution is -2.37. The van der Waals surface area contributed by atoms with Crippen LogP contribution in [0.4, 0.5) is 0 Å². The molecule has 0 aliphatic heterocycles. The third-order valence-electron chi connectivity index (χ3n) is 10.3. The molecule has 0 heterocycles. The van der Waals surface area contributed by atoms with Crippen molar-refractivity contribution in [2.24, 2.45) is 0 Å². The van der Waals surface area contributed by atoms with Crippen molar-refractivity contribution in [2.75, 3.05) is 54.1 Å². The topological polar surface area (TPSA) is 94.1 Å². The molecule has 0 fully saturated rings. The smallest absolute Gasteiger partial charge is 0.306 e. The Morgan fingerprint density at radius 3 is 1.45 bits per heavy atom. The van der Waals surface area contributed by atoms with Crippen molar-refractivity contribution in [2.45, 2.75) is 225 Å². The highest BCUT2D eigenvalue weighted by molar-refractivity contribution is 7.45. The molecule has 0 aromatic rings. The molecule has 0 aromatic heterocycles. The maximum Gasteiger partial charge on any atom is 0.306 e. The molecular formula is C46H92NO7P. The molecule has 2 unspecified atom stereocenters. The maximum absolute atomic E-state index is 12.6. The highest BCUT2D eigenvalue weighted by atomic mass is 31.2. The van der Waals surface area contributed by atoms with E-state index in [4.69, 9.17) is 18.5 Å². The van der Waals surface area contributed by atoms with Crippen LogP contribution in [0.25, 0.3) is 0 Å². The SMILES string of the molecule is CCC/C=C\CCCCCCCC(=O)OC(COCCCCCCCCCCCCCCCCCCCCCCCCC)COP(=O)([O-])OCC[N+](C)(C)C. The molecule has 0 amide bonds. The van der Waals surface area contributed by atoms with E-state index in [2.05, 4.69) is 26.0 Å². The third-order valence-corrected chi connectivity index (χ3v) is 11.3. The quantitative estimate of drug-likeness (QED) is 0.0199. The first-order valence-electron chi connectivity index (χ1n) is 23.4. The molecule has 0 rings (SSSR count). The molecule has 0 saturated heterocycles. The highest BCUT2D eigenvalue weighted by Gasteiger charge is 2.20. The van der Waals surface area contributed by atoms with Crippen LogP contribution in [0.5, 0.6) is 0 Å². The van der Waals surface area contributed by atoms with E-state index in [1.54, 1.807) is 0 Å². The van der Waals surface area contributed by atoms with Crippen molar-refractivity contribution >= 4 is 13.8 Å². The Labute approximate surface area is 341 Å². The normalized spacial score (nSPS) is 13.8. The number of carbonyl (C=O) groups excluding carboxylic acids is 1. The van der Waals surface area contributed by atoms with Gasteiger partial charge in [-0.15, -0.1) is 0 Å². The van der Waals surface area contributed by atoms with E-state index in [0.717, 1.165) is 51.4 Å². The van der Waals surface area contributed by atoms with Crippen LogP contribution >= 0.6 is 7.82 Å². The monoisotopic (exact) mass is 802 g/mol. The number of quaternary nitrogens is 1. The summed E-state index contributed by atoms with van der Waals surface area (Å²) in [6.45, 7) is 5.38. The van der Waals surface area contributed by atoms with E-state index < -0.39 is 13.9 Å². The number of likely N-dealkylation sites (N-methyl/N-ethyl adjacent to an activating group) is 1. The molecule has 55 heavy (non-hydrogen) atoms. The Bertz CT molecular complexity index is 894. The predicted molar refractivity (Wildman–Crippen MR) is 231 cm³/mol. The van der Waals surface area contributed by atoms with Crippen molar-refractivity contribution in [3.8, 4) is 0 Å². The fraction of sp³-hybridized carbons (Fsp3) is 0.935. The molecule has 0 aliphatic carbocycles. The summed E-state index contributed by atoms with van der Waals surface area (Å²) in [7, 11) is 1.36. The van der Waals surface area contributed by atoms with Crippen molar-refractivity contribution in [3.05, 3.63) is 12.2 Å². The number of phosphoric ester groups is 1. The molecule has 0 aromatic carbocycles. The number of ether oxygens (including phenoxy) is 2. The zero-order valence-electron chi connectivity index (χ0n) is 37.1. The number of esters is 1. The number of rotatable bonds is 44. The standard InChI is InChI=1S/C46H92NO7P/c1-6-8-10-12-14-16-18-19-20-21-22-23-24-25-26-27-28-29-30-32-34-36-38-41-51-43-45(44-53-55(49,50)52-42-40-47(3,4)5)54-46(48)39-37-35-33-31-17-15-13-11-9-7-2/h11,13,45H,6-10,12,14-44H2,1-5H3/b13-11-. The first kappa shape index (κ1) is 54.2. The molecule has 0 saturated carbocycles.